The fourth-order valence-electron chi connectivity index (χ4n) is 3.49. The Hall–Kier alpha value is -3.68. The van der Waals surface area contributed by atoms with Crippen LogP contribution in [-0.4, -0.2) is 33.3 Å². The molecule has 1 aliphatic rings. The number of carbonyl (C=O) groups is 2. The minimum atomic E-state index is -0.682. The van der Waals surface area contributed by atoms with Crippen LogP contribution >= 0.6 is 0 Å². The van der Waals surface area contributed by atoms with Gasteiger partial charge >= 0.3 is 12.0 Å². The number of amides is 2. The van der Waals surface area contributed by atoms with Gasteiger partial charge in [-0.25, -0.2) is 9.59 Å². The Balaban J connectivity index is 1.89. The van der Waals surface area contributed by atoms with Crippen molar-refractivity contribution in [3.05, 3.63) is 64.9 Å². The van der Waals surface area contributed by atoms with Crippen LogP contribution in [0, 0.1) is 5.92 Å². The molecule has 0 fully saturated rings. The van der Waals surface area contributed by atoms with Crippen molar-refractivity contribution in [3.63, 3.8) is 0 Å². The fraction of sp³-hybridized carbons (Fsp3) is 0.333. The van der Waals surface area contributed by atoms with E-state index in [-0.39, 0.29) is 11.9 Å². The number of rotatable bonds is 8. The second kappa shape index (κ2) is 10.1. The number of methoxy groups -OCH3 is 3. The van der Waals surface area contributed by atoms with Crippen LogP contribution < -0.4 is 24.8 Å². The van der Waals surface area contributed by atoms with Crippen molar-refractivity contribution in [1.29, 1.82) is 0 Å². The van der Waals surface area contributed by atoms with Gasteiger partial charge in [0.2, 0.25) is 0 Å². The molecule has 0 bridgehead atoms. The second-order valence-electron chi connectivity index (χ2n) is 7.55. The molecule has 1 heterocycles. The number of carbonyl (C=O) groups excluding carboxylic acids is 2. The molecular weight excluding hydrogens is 412 g/mol. The third-order valence-electron chi connectivity index (χ3n) is 5.16. The van der Waals surface area contributed by atoms with E-state index in [1.54, 1.807) is 25.3 Å². The van der Waals surface area contributed by atoms with Gasteiger partial charge in [-0.3, -0.25) is 0 Å². The number of hydrogen-bond donors (Lipinski definition) is 2. The van der Waals surface area contributed by atoms with Crippen LogP contribution in [0.1, 0.15) is 31.0 Å². The van der Waals surface area contributed by atoms with E-state index in [9.17, 15) is 9.59 Å². The minimum absolute atomic E-state index is 0.0772. The minimum Gasteiger partial charge on any atom is -0.497 e. The summed E-state index contributed by atoms with van der Waals surface area (Å²) < 4.78 is 21.6. The van der Waals surface area contributed by atoms with Crippen molar-refractivity contribution < 1.29 is 28.5 Å². The summed E-state index contributed by atoms with van der Waals surface area (Å²) in [6.07, 6.45) is 0. The average molecular weight is 440 g/mol. The molecule has 0 radical (unpaired) electrons. The molecule has 2 aromatic carbocycles. The first-order chi connectivity index (χ1) is 15.4. The molecule has 32 heavy (non-hydrogen) atoms. The number of ether oxygens (including phenoxy) is 4. The summed E-state index contributed by atoms with van der Waals surface area (Å²) in [5.41, 5.74) is 2.53. The zero-order chi connectivity index (χ0) is 23.3. The van der Waals surface area contributed by atoms with Crippen molar-refractivity contribution in [3.8, 4) is 17.2 Å². The molecule has 0 saturated carbocycles. The number of urea groups is 1. The Kier molecular flexibility index (Phi) is 7.25. The number of benzene rings is 2. The molecule has 1 aliphatic heterocycles. The van der Waals surface area contributed by atoms with Gasteiger partial charge in [0.15, 0.2) is 11.5 Å². The molecule has 2 N–H and O–H groups in total. The van der Waals surface area contributed by atoms with Crippen LogP contribution in [0.5, 0.6) is 17.2 Å². The van der Waals surface area contributed by atoms with Crippen molar-refractivity contribution in [2.45, 2.75) is 26.5 Å². The Morgan fingerprint density at radius 1 is 1.00 bits per heavy atom. The van der Waals surface area contributed by atoms with Gasteiger partial charge in [-0.15, -0.1) is 0 Å². The highest BCUT2D eigenvalue weighted by Crippen LogP contribution is 2.36. The molecule has 8 heteroatoms. The molecule has 2 aromatic rings. The lowest BCUT2D eigenvalue weighted by atomic mass is 9.91. The molecular formula is C24H28N2O6. The van der Waals surface area contributed by atoms with E-state index in [1.807, 2.05) is 38.1 Å². The van der Waals surface area contributed by atoms with Crippen molar-refractivity contribution >= 4 is 12.0 Å². The summed E-state index contributed by atoms with van der Waals surface area (Å²) in [5.74, 6) is 1.21. The summed E-state index contributed by atoms with van der Waals surface area (Å²) in [7, 11) is 4.47. The molecule has 1 unspecified atom stereocenters. The SMILES string of the molecule is COC(=O)C1=C(C(C)C)NC(=O)NC1c1ccc(OCc2ccc(OC)cc2)c(OC)c1. The second-order valence-corrected chi connectivity index (χ2v) is 7.55. The molecule has 0 spiro atoms. The lowest BCUT2D eigenvalue weighted by molar-refractivity contribution is -0.136. The van der Waals surface area contributed by atoms with E-state index in [1.165, 1.54) is 14.2 Å². The van der Waals surface area contributed by atoms with Gasteiger partial charge in [0.1, 0.15) is 12.4 Å². The number of hydrogen-bond acceptors (Lipinski definition) is 6. The third-order valence-corrected chi connectivity index (χ3v) is 5.16. The smallest absolute Gasteiger partial charge is 0.337 e. The molecule has 0 aliphatic carbocycles. The van der Waals surface area contributed by atoms with Crippen LogP contribution in [0.15, 0.2) is 53.7 Å². The van der Waals surface area contributed by atoms with Crippen molar-refractivity contribution in [2.75, 3.05) is 21.3 Å². The van der Waals surface area contributed by atoms with Crippen LogP contribution in [0.2, 0.25) is 0 Å². The Morgan fingerprint density at radius 2 is 1.72 bits per heavy atom. The summed E-state index contributed by atoms with van der Waals surface area (Å²) >= 11 is 0. The predicted molar refractivity (Wildman–Crippen MR) is 119 cm³/mol. The van der Waals surface area contributed by atoms with Crippen LogP contribution in [0.25, 0.3) is 0 Å². The van der Waals surface area contributed by atoms with E-state index < -0.39 is 12.0 Å². The maximum absolute atomic E-state index is 12.6. The molecule has 3 rings (SSSR count). The first-order valence-corrected chi connectivity index (χ1v) is 10.2. The first-order valence-electron chi connectivity index (χ1n) is 10.2. The van der Waals surface area contributed by atoms with Crippen molar-refractivity contribution in [2.24, 2.45) is 5.92 Å². The molecule has 0 aromatic heterocycles. The van der Waals surface area contributed by atoms with Gasteiger partial charge in [0.25, 0.3) is 0 Å². The molecule has 170 valence electrons. The maximum atomic E-state index is 12.6. The summed E-state index contributed by atoms with van der Waals surface area (Å²) in [6, 6.07) is 11.8. The number of nitrogens with one attached hydrogen (secondary N) is 2. The Bertz CT molecular complexity index is 1010. The van der Waals surface area contributed by atoms with Gasteiger partial charge in [-0.2, -0.15) is 0 Å². The van der Waals surface area contributed by atoms with Gasteiger partial charge in [0, 0.05) is 5.70 Å². The Labute approximate surface area is 187 Å². The monoisotopic (exact) mass is 440 g/mol. The largest absolute Gasteiger partial charge is 0.497 e. The highest BCUT2D eigenvalue weighted by Gasteiger charge is 2.34. The average Bonchev–Trinajstić information content (AvgIpc) is 2.81. The molecule has 8 nitrogen and oxygen atoms in total. The fourth-order valence-corrected chi connectivity index (χ4v) is 3.49. The molecule has 2 amide bonds. The van der Waals surface area contributed by atoms with Crippen LogP contribution in [0.4, 0.5) is 4.79 Å². The van der Waals surface area contributed by atoms with Crippen LogP contribution in [-0.2, 0) is 16.1 Å². The quantitative estimate of drug-likeness (QED) is 0.608. The topological polar surface area (TPSA) is 95.1 Å². The molecule has 0 saturated heterocycles. The van der Waals surface area contributed by atoms with Crippen molar-refractivity contribution in [1.82, 2.24) is 10.6 Å². The van der Waals surface area contributed by atoms with Crippen LogP contribution in [0.3, 0.4) is 0 Å². The zero-order valence-electron chi connectivity index (χ0n) is 18.9. The third kappa shape index (κ3) is 4.96. The van der Waals surface area contributed by atoms with E-state index in [2.05, 4.69) is 10.6 Å². The maximum Gasteiger partial charge on any atom is 0.337 e. The summed E-state index contributed by atoms with van der Waals surface area (Å²) in [6.45, 7) is 4.14. The van der Waals surface area contributed by atoms with E-state index >= 15 is 0 Å². The first kappa shape index (κ1) is 23.0. The lowest BCUT2D eigenvalue weighted by Gasteiger charge is -2.31. The lowest BCUT2D eigenvalue weighted by Crippen LogP contribution is -2.47. The zero-order valence-corrected chi connectivity index (χ0v) is 18.9. The van der Waals surface area contributed by atoms with Gasteiger partial charge in [-0.1, -0.05) is 32.0 Å². The number of esters is 1. The van der Waals surface area contributed by atoms with Gasteiger partial charge < -0.3 is 29.6 Å². The normalized spacial score (nSPS) is 15.7. The summed E-state index contributed by atoms with van der Waals surface area (Å²) in [4.78, 5) is 24.8. The van der Waals surface area contributed by atoms with Gasteiger partial charge in [-0.05, 0) is 41.3 Å². The van der Waals surface area contributed by atoms with E-state index in [0.29, 0.717) is 34.9 Å². The van der Waals surface area contributed by atoms with E-state index in [0.717, 1.165) is 11.3 Å². The van der Waals surface area contributed by atoms with E-state index in [4.69, 9.17) is 18.9 Å². The standard InChI is InChI=1S/C24H28N2O6/c1-14(2)21-20(23(27)31-5)22(26-24(28)25-21)16-8-11-18(19(12-16)30-4)32-13-15-6-9-17(29-3)10-7-15/h6-12,14,22H,13H2,1-5H3,(H2,25,26,28). The highest BCUT2D eigenvalue weighted by molar-refractivity contribution is 5.95. The highest BCUT2D eigenvalue weighted by atomic mass is 16.5. The predicted octanol–water partition coefficient (Wildman–Crippen LogP) is 3.72. The summed E-state index contributed by atoms with van der Waals surface area (Å²) in [5, 5.41) is 5.54. The number of allylic oxidation sites excluding steroid dienone is 1. The Morgan fingerprint density at radius 3 is 2.31 bits per heavy atom. The molecule has 1 atom stereocenters. The van der Waals surface area contributed by atoms with Gasteiger partial charge in [0.05, 0.1) is 32.9 Å².